The minimum atomic E-state index is -0.0569. The average molecular weight is 438 g/mol. The van der Waals surface area contributed by atoms with Crippen molar-refractivity contribution >= 4 is 62.3 Å². The molecule has 0 bridgehead atoms. The molecule has 0 unspecified atom stereocenters. The number of carbonyl (C=O) groups is 1. The first-order valence-electron chi connectivity index (χ1n) is 7.05. The number of allylic oxidation sites excluding steroid dienone is 1. The Morgan fingerprint density at radius 1 is 1.04 bits per heavy atom. The Kier molecular flexibility index (Phi) is 5.57. The highest BCUT2D eigenvalue weighted by Crippen LogP contribution is 2.30. The molecule has 3 rings (SSSR count). The second-order valence-electron chi connectivity index (χ2n) is 5.08. The van der Waals surface area contributed by atoms with Crippen LogP contribution in [0.4, 0.5) is 0 Å². The topological polar surface area (TPSA) is 17.1 Å². The third-order valence-electron chi connectivity index (χ3n) is 3.37. The molecule has 24 heavy (non-hydrogen) atoms. The van der Waals surface area contributed by atoms with Crippen molar-refractivity contribution in [2.75, 3.05) is 0 Å². The monoisotopic (exact) mass is 436 g/mol. The first-order valence-corrected chi connectivity index (χ1v) is 9.48. The summed E-state index contributed by atoms with van der Waals surface area (Å²) in [4.78, 5) is 13.5. The third-order valence-corrected chi connectivity index (χ3v) is 5.85. The molecule has 0 amide bonds. The van der Waals surface area contributed by atoms with Crippen molar-refractivity contribution in [2.24, 2.45) is 0 Å². The maximum Gasteiger partial charge on any atom is 0.185 e. The molecule has 0 aliphatic rings. The van der Waals surface area contributed by atoms with Gasteiger partial charge in [0.05, 0.1) is 10.0 Å². The largest absolute Gasteiger partial charge is 0.289 e. The summed E-state index contributed by atoms with van der Waals surface area (Å²) < 4.78 is 1.04. The molecular formula is C19H11BrCl2OS. The Bertz CT molecular complexity index is 931. The summed E-state index contributed by atoms with van der Waals surface area (Å²) in [6.07, 6.45) is 3.28. The predicted octanol–water partition coefficient (Wildman–Crippen LogP) is 7.38. The molecule has 0 fully saturated rings. The second kappa shape index (κ2) is 7.66. The standard InChI is InChI=1S/C19H11BrCl2OS/c20-15-10-19(24-11-15)14-3-1-2-13(9-14)18(23)7-5-12-4-6-16(21)17(22)8-12/h1-11H/b7-5+. The number of thiophene rings is 1. The first kappa shape index (κ1) is 17.4. The van der Waals surface area contributed by atoms with Crippen LogP contribution in [0, 0.1) is 0 Å². The molecule has 120 valence electrons. The van der Waals surface area contributed by atoms with E-state index in [2.05, 4.69) is 15.9 Å². The number of carbonyl (C=O) groups excluding carboxylic acids is 1. The van der Waals surface area contributed by atoms with Crippen LogP contribution in [0.1, 0.15) is 15.9 Å². The molecule has 3 aromatic rings. The lowest BCUT2D eigenvalue weighted by Crippen LogP contribution is -1.94. The molecule has 1 aromatic heterocycles. The zero-order valence-corrected chi connectivity index (χ0v) is 16.2. The molecule has 0 atom stereocenters. The lowest BCUT2D eigenvalue weighted by molar-refractivity contribution is 0.104. The van der Waals surface area contributed by atoms with Crippen molar-refractivity contribution in [1.29, 1.82) is 0 Å². The number of halogens is 3. The maximum atomic E-state index is 12.4. The van der Waals surface area contributed by atoms with Gasteiger partial charge in [0.1, 0.15) is 0 Å². The van der Waals surface area contributed by atoms with Crippen LogP contribution >= 0.6 is 50.5 Å². The molecule has 0 N–H and O–H groups in total. The molecule has 1 heterocycles. The van der Waals surface area contributed by atoms with E-state index >= 15 is 0 Å². The van der Waals surface area contributed by atoms with Gasteiger partial charge in [-0.2, -0.15) is 0 Å². The summed E-state index contributed by atoms with van der Waals surface area (Å²) in [5.41, 5.74) is 2.50. The smallest absolute Gasteiger partial charge is 0.185 e. The Morgan fingerprint density at radius 2 is 1.88 bits per heavy atom. The van der Waals surface area contributed by atoms with E-state index in [1.807, 2.05) is 41.8 Å². The fourth-order valence-corrected chi connectivity index (χ4v) is 3.91. The molecule has 0 saturated heterocycles. The van der Waals surface area contributed by atoms with Crippen LogP contribution in [0.3, 0.4) is 0 Å². The van der Waals surface area contributed by atoms with Crippen molar-refractivity contribution in [3.05, 3.63) is 85.6 Å². The number of hydrogen-bond acceptors (Lipinski definition) is 2. The van der Waals surface area contributed by atoms with Gasteiger partial charge in [0.15, 0.2) is 5.78 Å². The number of ketones is 1. The lowest BCUT2D eigenvalue weighted by Gasteiger charge is -2.01. The summed E-state index contributed by atoms with van der Waals surface area (Å²) in [7, 11) is 0. The van der Waals surface area contributed by atoms with Crippen LogP contribution in [0.5, 0.6) is 0 Å². The molecule has 0 aliphatic carbocycles. The minimum Gasteiger partial charge on any atom is -0.289 e. The normalized spacial score (nSPS) is 11.1. The van der Waals surface area contributed by atoms with Gasteiger partial charge < -0.3 is 0 Å². The zero-order valence-electron chi connectivity index (χ0n) is 12.3. The molecule has 5 heteroatoms. The maximum absolute atomic E-state index is 12.4. The van der Waals surface area contributed by atoms with Crippen LogP contribution in [-0.2, 0) is 0 Å². The lowest BCUT2D eigenvalue weighted by atomic mass is 10.1. The van der Waals surface area contributed by atoms with Gasteiger partial charge in [-0.1, -0.05) is 53.5 Å². The molecule has 0 saturated carbocycles. The summed E-state index contributed by atoms with van der Waals surface area (Å²) in [6.45, 7) is 0. The van der Waals surface area contributed by atoms with Gasteiger partial charge >= 0.3 is 0 Å². The van der Waals surface area contributed by atoms with E-state index in [0.717, 1.165) is 20.5 Å². The minimum absolute atomic E-state index is 0.0569. The van der Waals surface area contributed by atoms with E-state index in [1.54, 1.807) is 35.6 Å². The van der Waals surface area contributed by atoms with Crippen molar-refractivity contribution in [3.8, 4) is 10.4 Å². The molecule has 0 aliphatic heterocycles. The highest BCUT2D eigenvalue weighted by atomic mass is 79.9. The zero-order chi connectivity index (χ0) is 17.1. The van der Waals surface area contributed by atoms with Gasteiger partial charge in [-0.05, 0) is 57.4 Å². The number of hydrogen-bond donors (Lipinski definition) is 0. The Morgan fingerprint density at radius 3 is 2.58 bits per heavy atom. The fourth-order valence-electron chi connectivity index (χ4n) is 2.17. The van der Waals surface area contributed by atoms with E-state index in [-0.39, 0.29) is 5.78 Å². The summed E-state index contributed by atoms with van der Waals surface area (Å²) in [6, 6.07) is 14.9. The molecule has 1 nitrogen and oxygen atoms in total. The van der Waals surface area contributed by atoms with Crippen molar-refractivity contribution in [1.82, 2.24) is 0 Å². The van der Waals surface area contributed by atoms with Crippen LogP contribution in [0.2, 0.25) is 10.0 Å². The van der Waals surface area contributed by atoms with Gasteiger partial charge in [0, 0.05) is 20.3 Å². The second-order valence-corrected chi connectivity index (χ2v) is 7.72. The van der Waals surface area contributed by atoms with Gasteiger partial charge in [-0.15, -0.1) is 11.3 Å². The van der Waals surface area contributed by atoms with E-state index in [0.29, 0.717) is 15.6 Å². The van der Waals surface area contributed by atoms with Gasteiger partial charge in [0.2, 0.25) is 0 Å². The van der Waals surface area contributed by atoms with Gasteiger partial charge in [-0.3, -0.25) is 4.79 Å². The third kappa shape index (κ3) is 4.17. The van der Waals surface area contributed by atoms with Crippen LogP contribution in [0.15, 0.2) is 64.5 Å². The number of rotatable bonds is 4. The van der Waals surface area contributed by atoms with Crippen molar-refractivity contribution in [2.45, 2.75) is 0 Å². The predicted molar refractivity (Wildman–Crippen MR) is 107 cm³/mol. The quantitative estimate of drug-likeness (QED) is 0.307. The van der Waals surface area contributed by atoms with E-state index in [1.165, 1.54) is 0 Å². The highest BCUT2D eigenvalue weighted by Gasteiger charge is 2.06. The van der Waals surface area contributed by atoms with Crippen molar-refractivity contribution in [3.63, 3.8) is 0 Å². The van der Waals surface area contributed by atoms with Crippen molar-refractivity contribution < 1.29 is 4.79 Å². The first-order chi connectivity index (χ1) is 11.5. The van der Waals surface area contributed by atoms with Gasteiger partial charge in [-0.25, -0.2) is 0 Å². The van der Waals surface area contributed by atoms with Crippen LogP contribution in [0.25, 0.3) is 16.5 Å². The van der Waals surface area contributed by atoms with E-state index in [9.17, 15) is 4.79 Å². The molecule has 0 spiro atoms. The summed E-state index contributed by atoms with van der Waals surface area (Å²) >= 11 is 17.0. The molecular weight excluding hydrogens is 427 g/mol. The summed E-state index contributed by atoms with van der Waals surface area (Å²) in [5.74, 6) is -0.0569. The number of benzene rings is 2. The summed E-state index contributed by atoms with van der Waals surface area (Å²) in [5, 5.41) is 2.99. The fraction of sp³-hybridized carbons (Fsp3) is 0. The van der Waals surface area contributed by atoms with Gasteiger partial charge in [0.25, 0.3) is 0 Å². The highest BCUT2D eigenvalue weighted by molar-refractivity contribution is 9.10. The van der Waals surface area contributed by atoms with Crippen LogP contribution < -0.4 is 0 Å². The SMILES string of the molecule is O=C(/C=C/c1ccc(Cl)c(Cl)c1)c1cccc(-c2cc(Br)cs2)c1. The molecule has 0 radical (unpaired) electrons. The van der Waals surface area contributed by atoms with Crippen LogP contribution in [-0.4, -0.2) is 5.78 Å². The average Bonchev–Trinajstić information content (AvgIpc) is 3.02. The Hall–Kier alpha value is -1.39. The Balaban J connectivity index is 1.82. The Labute approximate surface area is 162 Å². The van der Waals surface area contributed by atoms with E-state index < -0.39 is 0 Å². The van der Waals surface area contributed by atoms with E-state index in [4.69, 9.17) is 23.2 Å². The molecule has 2 aromatic carbocycles.